The van der Waals surface area contributed by atoms with Crippen LogP contribution in [0.4, 0.5) is 5.69 Å². The van der Waals surface area contributed by atoms with Gasteiger partial charge in [-0.15, -0.1) is 0 Å². The number of hydrogen-bond donors (Lipinski definition) is 1. The third-order valence-corrected chi connectivity index (χ3v) is 2.82. The summed E-state index contributed by atoms with van der Waals surface area (Å²) in [5, 5.41) is 2.54. The van der Waals surface area contributed by atoms with Gasteiger partial charge in [0.2, 0.25) is 0 Å². The minimum Gasteiger partial charge on any atom is -0.372 e. The second-order valence-electron chi connectivity index (χ2n) is 4.66. The maximum absolute atomic E-state index is 12.0. The summed E-state index contributed by atoms with van der Waals surface area (Å²) >= 11 is 0. The predicted molar refractivity (Wildman–Crippen MR) is 69.5 cm³/mol. The van der Waals surface area contributed by atoms with Crippen LogP contribution in [0, 0.1) is 0 Å². The van der Waals surface area contributed by atoms with Crippen LogP contribution in [-0.4, -0.2) is 47.0 Å². The van der Waals surface area contributed by atoms with E-state index in [0.29, 0.717) is 18.8 Å². The van der Waals surface area contributed by atoms with E-state index in [9.17, 15) is 9.59 Å². The van der Waals surface area contributed by atoms with Gasteiger partial charge in [0.25, 0.3) is 0 Å². The van der Waals surface area contributed by atoms with Crippen LogP contribution in [0.3, 0.4) is 0 Å². The van der Waals surface area contributed by atoms with Gasteiger partial charge in [0.05, 0.1) is 24.1 Å². The summed E-state index contributed by atoms with van der Waals surface area (Å²) < 4.78 is 5.53. The first-order valence-corrected chi connectivity index (χ1v) is 6.22. The standard InChI is InChI=1S/C13H17N3O3/c1-9-7-16(8-10(2)19-9)13(18)12(17)15-11-4-3-5-14-6-11/h3-6,9-10H,7-8H2,1-2H3,(H,15,17). The molecule has 0 aliphatic carbocycles. The Morgan fingerprint density at radius 3 is 2.63 bits per heavy atom. The molecule has 1 fully saturated rings. The van der Waals surface area contributed by atoms with Gasteiger partial charge in [0, 0.05) is 19.3 Å². The van der Waals surface area contributed by atoms with E-state index in [4.69, 9.17) is 4.74 Å². The fourth-order valence-corrected chi connectivity index (χ4v) is 2.11. The molecule has 1 N–H and O–H groups in total. The van der Waals surface area contributed by atoms with E-state index in [1.807, 2.05) is 13.8 Å². The molecule has 19 heavy (non-hydrogen) atoms. The van der Waals surface area contributed by atoms with Gasteiger partial charge in [0.15, 0.2) is 0 Å². The zero-order valence-corrected chi connectivity index (χ0v) is 11.0. The lowest BCUT2D eigenvalue weighted by molar-refractivity contribution is -0.151. The number of rotatable bonds is 1. The first-order chi connectivity index (χ1) is 9.06. The highest BCUT2D eigenvalue weighted by Crippen LogP contribution is 2.11. The maximum Gasteiger partial charge on any atom is 0.313 e. The summed E-state index contributed by atoms with van der Waals surface area (Å²) in [5.41, 5.74) is 0.509. The van der Waals surface area contributed by atoms with Crippen molar-refractivity contribution < 1.29 is 14.3 Å². The van der Waals surface area contributed by atoms with Gasteiger partial charge in [-0.05, 0) is 26.0 Å². The molecule has 1 aliphatic heterocycles. The summed E-state index contributed by atoms with van der Waals surface area (Å²) in [6, 6.07) is 3.38. The van der Waals surface area contributed by atoms with E-state index in [-0.39, 0.29) is 12.2 Å². The van der Waals surface area contributed by atoms with E-state index in [1.54, 1.807) is 18.3 Å². The number of carbonyl (C=O) groups excluding carboxylic acids is 2. The lowest BCUT2D eigenvalue weighted by Crippen LogP contribution is -2.51. The van der Waals surface area contributed by atoms with Crippen molar-refractivity contribution in [3.05, 3.63) is 24.5 Å². The van der Waals surface area contributed by atoms with Crippen molar-refractivity contribution in [1.29, 1.82) is 0 Å². The summed E-state index contributed by atoms with van der Waals surface area (Å²) in [6.45, 7) is 4.64. The molecule has 1 aliphatic rings. The number of aromatic nitrogens is 1. The Bertz CT molecular complexity index is 453. The highest BCUT2D eigenvalue weighted by Gasteiger charge is 2.29. The molecule has 1 aromatic rings. The summed E-state index contributed by atoms with van der Waals surface area (Å²) in [6.07, 6.45) is 2.98. The van der Waals surface area contributed by atoms with Gasteiger partial charge in [-0.1, -0.05) is 0 Å². The highest BCUT2D eigenvalue weighted by atomic mass is 16.5. The van der Waals surface area contributed by atoms with Gasteiger partial charge in [-0.2, -0.15) is 0 Å². The topological polar surface area (TPSA) is 71.5 Å². The van der Waals surface area contributed by atoms with Crippen LogP contribution in [0.1, 0.15) is 13.8 Å². The second kappa shape index (κ2) is 5.79. The first-order valence-electron chi connectivity index (χ1n) is 6.22. The molecule has 1 saturated heterocycles. The summed E-state index contributed by atoms with van der Waals surface area (Å²) in [7, 11) is 0. The minimum atomic E-state index is -0.644. The van der Waals surface area contributed by atoms with E-state index < -0.39 is 11.8 Å². The number of pyridine rings is 1. The molecule has 0 bridgehead atoms. The quantitative estimate of drug-likeness (QED) is 0.755. The molecule has 102 valence electrons. The molecule has 6 heteroatoms. The van der Waals surface area contributed by atoms with Crippen molar-refractivity contribution in [2.75, 3.05) is 18.4 Å². The number of morpholine rings is 1. The second-order valence-corrected chi connectivity index (χ2v) is 4.66. The number of amides is 2. The monoisotopic (exact) mass is 263 g/mol. The molecule has 0 aromatic carbocycles. The smallest absolute Gasteiger partial charge is 0.313 e. The average molecular weight is 263 g/mol. The predicted octanol–water partition coefficient (Wildman–Crippen LogP) is 0.656. The van der Waals surface area contributed by atoms with E-state index in [0.717, 1.165) is 0 Å². The molecular weight excluding hydrogens is 246 g/mol. The van der Waals surface area contributed by atoms with Crippen molar-refractivity contribution in [3.63, 3.8) is 0 Å². The Hall–Kier alpha value is -1.95. The third kappa shape index (κ3) is 3.51. The third-order valence-electron chi connectivity index (χ3n) is 2.82. The fourth-order valence-electron chi connectivity index (χ4n) is 2.11. The van der Waals surface area contributed by atoms with Gasteiger partial charge < -0.3 is 15.0 Å². The average Bonchev–Trinajstić information content (AvgIpc) is 2.37. The molecule has 0 spiro atoms. The molecule has 6 nitrogen and oxygen atoms in total. The Morgan fingerprint density at radius 1 is 1.37 bits per heavy atom. The molecule has 0 saturated carbocycles. The lowest BCUT2D eigenvalue weighted by Gasteiger charge is -2.34. The molecule has 0 radical (unpaired) electrons. The normalized spacial score (nSPS) is 22.9. The number of anilines is 1. The molecule has 2 unspecified atom stereocenters. The number of nitrogens with one attached hydrogen (secondary N) is 1. The maximum atomic E-state index is 12.0. The van der Waals surface area contributed by atoms with Crippen molar-refractivity contribution >= 4 is 17.5 Å². The zero-order chi connectivity index (χ0) is 13.8. The SMILES string of the molecule is CC1CN(C(=O)C(=O)Nc2cccnc2)CC(C)O1. The van der Waals surface area contributed by atoms with Crippen LogP contribution in [0.5, 0.6) is 0 Å². The minimum absolute atomic E-state index is 0.0566. The number of hydrogen-bond acceptors (Lipinski definition) is 4. The van der Waals surface area contributed by atoms with E-state index >= 15 is 0 Å². The van der Waals surface area contributed by atoms with Crippen LogP contribution >= 0.6 is 0 Å². The van der Waals surface area contributed by atoms with E-state index in [1.165, 1.54) is 11.1 Å². The van der Waals surface area contributed by atoms with Crippen molar-refractivity contribution in [1.82, 2.24) is 9.88 Å². The summed E-state index contributed by atoms with van der Waals surface area (Å²) in [5.74, 6) is -1.18. The first kappa shape index (κ1) is 13.5. The number of ether oxygens (including phenoxy) is 1. The van der Waals surface area contributed by atoms with Crippen molar-refractivity contribution in [3.8, 4) is 0 Å². The number of nitrogens with zero attached hydrogens (tertiary/aromatic N) is 2. The van der Waals surface area contributed by atoms with Gasteiger partial charge in [-0.25, -0.2) is 0 Å². The molecule has 2 atom stereocenters. The molecule has 2 rings (SSSR count). The highest BCUT2D eigenvalue weighted by molar-refractivity contribution is 6.39. The largest absolute Gasteiger partial charge is 0.372 e. The van der Waals surface area contributed by atoms with Gasteiger partial charge >= 0.3 is 11.8 Å². The van der Waals surface area contributed by atoms with E-state index in [2.05, 4.69) is 10.3 Å². The number of carbonyl (C=O) groups is 2. The summed E-state index contributed by atoms with van der Waals surface area (Å²) in [4.78, 5) is 29.3. The zero-order valence-electron chi connectivity index (χ0n) is 11.0. The Morgan fingerprint density at radius 2 is 2.05 bits per heavy atom. The molecular formula is C13H17N3O3. The van der Waals surface area contributed by atoms with Crippen LogP contribution in [0.15, 0.2) is 24.5 Å². The van der Waals surface area contributed by atoms with Gasteiger partial charge in [-0.3, -0.25) is 14.6 Å². The van der Waals surface area contributed by atoms with Crippen molar-refractivity contribution in [2.24, 2.45) is 0 Å². The molecule has 2 amide bonds. The van der Waals surface area contributed by atoms with Crippen LogP contribution in [-0.2, 0) is 14.3 Å². The van der Waals surface area contributed by atoms with Crippen molar-refractivity contribution in [2.45, 2.75) is 26.1 Å². The molecule has 2 heterocycles. The Balaban J connectivity index is 1.97. The Labute approximate surface area is 111 Å². The molecule has 1 aromatic heterocycles. The fraction of sp³-hybridized carbons (Fsp3) is 0.462. The van der Waals surface area contributed by atoms with Crippen LogP contribution in [0.2, 0.25) is 0 Å². The lowest BCUT2D eigenvalue weighted by atomic mass is 10.2. The Kier molecular flexibility index (Phi) is 4.11. The van der Waals surface area contributed by atoms with Crippen LogP contribution < -0.4 is 5.32 Å². The van der Waals surface area contributed by atoms with Gasteiger partial charge in [0.1, 0.15) is 0 Å². The van der Waals surface area contributed by atoms with Crippen LogP contribution in [0.25, 0.3) is 0 Å².